The van der Waals surface area contributed by atoms with Crippen LogP contribution < -0.4 is 10.1 Å². The van der Waals surface area contributed by atoms with Crippen molar-refractivity contribution < 1.29 is 19.4 Å². The number of amides is 2. The number of carboxylic acids is 1. The van der Waals surface area contributed by atoms with Crippen molar-refractivity contribution in [2.45, 2.75) is 26.3 Å². The lowest BCUT2D eigenvalue weighted by Gasteiger charge is -2.20. The molecule has 0 aliphatic carbocycles. The molecule has 1 aliphatic rings. The summed E-state index contributed by atoms with van der Waals surface area (Å²) >= 11 is 1.54. The van der Waals surface area contributed by atoms with E-state index in [0.29, 0.717) is 13.0 Å². The van der Waals surface area contributed by atoms with E-state index in [1.54, 1.807) is 23.3 Å². The van der Waals surface area contributed by atoms with Crippen LogP contribution in [0.3, 0.4) is 0 Å². The van der Waals surface area contributed by atoms with Crippen LogP contribution in [0.5, 0.6) is 5.75 Å². The van der Waals surface area contributed by atoms with Gasteiger partial charge in [-0.2, -0.15) is 0 Å². The van der Waals surface area contributed by atoms with E-state index in [4.69, 9.17) is 9.84 Å². The van der Waals surface area contributed by atoms with Gasteiger partial charge in [-0.15, -0.1) is 11.3 Å². The number of aryl methyl sites for hydroxylation is 1. The fourth-order valence-electron chi connectivity index (χ4n) is 3.16. The third-order valence-electron chi connectivity index (χ3n) is 4.73. The highest BCUT2D eigenvalue weighted by molar-refractivity contribution is 7.15. The molecule has 2 heterocycles. The number of hydrogen-bond acceptors (Lipinski definition) is 5. The van der Waals surface area contributed by atoms with Crippen LogP contribution in [0.15, 0.2) is 24.3 Å². The van der Waals surface area contributed by atoms with Crippen molar-refractivity contribution in [1.82, 2.24) is 15.2 Å². The third kappa shape index (κ3) is 4.21. The van der Waals surface area contributed by atoms with E-state index in [1.165, 1.54) is 0 Å². The molecule has 1 saturated heterocycles. The molecule has 1 aromatic carbocycles. The average molecular weight is 389 g/mol. The predicted octanol–water partition coefficient (Wildman–Crippen LogP) is 3.30. The predicted molar refractivity (Wildman–Crippen MR) is 103 cm³/mol. The number of thiazole rings is 1. The van der Waals surface area contributed by atoms with Gasteiger partial charge in [-0.25, -0.2) is 9.78 Å². The molecule has 0 spiro atoms. The number of carbonyl (C=O) groups is 2. The highest BCUT2D eigenvalue weighted by Crippen LogP contribution is 2.32. The second-order valence-electron chi connectivity index (χ2n) is 6.64. The Hall–Kier alpha value is -2.61. The maximum absolute atomic E-state index is 12.4. The summed E-state index contributed by atoms with van der Waals surface area (Å²) in [5.41, 5.74) is 1.88. The van der Waals surface area contributed by atoms with Gasteiger partial charge in [0.25, 0.3) is 0 Å². The van der Waals surface area contributed by atoms with Crippen LogP contribution in [-0.4, -0.2) is 47.2 Å². The molecule has 7 nitrogen and oxygen atoms in total. The number of carbonyl (C=O) groups excluding carboxylic acids is 1. The summed E-state index contributed by atoms with van der Waals surface area (Å²) in [5, 5.41) is 12.9. The Bertz CT molecular complexity index is 834. The number of nitrogens with zero attached hydrogens (tertiary/aromatic N) is 2. The van der Waals surface area contributed by atoms with E-state index in [9.17, 15) is 9.59 Å². The lowest BCUT2D eigenvalue weighted by atomic mass is 10.1. The second-order valence-corrected chi connectivity index (χ2v) is 7.67. The molecule has 0 radical (unpaired) electrons. The third-order valence-corrected chi connectivity index (χ3v) is 6.12. The van der Waals surface area contributed by atoms with E-state index < -0.39 is 11.9 Å². The maximum atomic E-state index is 12.4. The quantitative estimate of drug-likeness (QED) is 0.819. The fraction of sp³-hybridized carbons (Fsp3) is 0.421. The van der Waals surface area contributed by atoms with Gasteiger partial charge in [0.15, 0.2) is 0 Å². The van der Waals surface area contributed by atoms with E-state index in [-0.39, 0.29) is 18.6 Å². The number of urea groups is 1. The first-order valence-corrected chi connectivity index (χ1v) is 9.60. The van der Waals surface area contributed by atoms with Crippen molar-refractivity contribution in [3.8, 4) is 16.3 Å². The largest absolute Gasteiger partial charge is 0.497 e. The van der Waals surface area contributed by atoms with Crippen LogP contribution >= 0.6 is 11.3 Å². The van der Waals surface area contributed by atoms with Crippen molar-refractivity contribution in [2.24, 2.45) is 5.92 Å². The molecule has 2 unspecified atom stereocenters. The molecule has 8 heteroatoms. The summed E-state index contributed by atoms with van der Waals surface area (Å²) in [7, 11) is 1.63. The first-order valence-electron chi connectivity index (χ1n) is 8.79. The Morgan fingerprint density at radius 2 is 2.07 bits per heavy atom. The summed E-state index contributed by atoms with van der Waals surface area (Å²) in [6, 6.07) is 7.27. The lowest BCUT2D eigenvalue weighted by Crippen LogP contribution is -2.40. The van der Waals surface area contributed by atoms with Crippen molar-refractivity contribution in [3.05, 3.63) is 34.8 Å². The van der Waals surface area contributed by atoms with Gasteiger partial charge in [0.1, 0.15) is 10.8 Å². The minimum absolute atomic E-state index is 0.203. The van der Waals surface area contributed by atoms with Crippen LogP contribution in [0.2, 0.25) is 0 Å². The van der Waals surface area contributed by atoms with Crippen LogP contribution in [0, 0.1) is 12.8 Å². The molecule has 1 aliphatic heterocycles. The van der Waals surface area contributed by atoms with Crippen LogP contribution in [0.1, 0.15) is 30.0 Å². The van der Waals surface area contributed by atoms with E-state index >= 15 is 0 Å². The standard InChI is InChI=1S/C19H23N3O4S/c1-11-16(27-17(20-11)13-4-6-15(26-3)7-5-13)12(2)21-19(25)22-9-8-14(10-22)18(23)24/h4-7,12,14H,8-10H2,1-3H3,(H,21,25)(H,23,24). The first kappa shape index (κ1) is 19.2. The van der Waals surface area contributed by atoms with Crippen molar-refractivity contribution in [2.75, 3.05) is 20.2 Å². The number of benzene rings is 1. The summed E-state index contributed by atoms with van der Waals surface area (Å²) in [4.78, 5) is 30.7. The number of rotatable bonds is 5. The number of likely N-dealkylation sites (tertiary alicyclic amines) is 1. The number of nitrogens with one attached hydrogen (secondary N) is 1. The molecular weight excluding hydrogens is 366 g/mol. The molecule has 3 rings (SSSR count). The Balaban J connectivity index is 1.68. The van der Waals surface area contributed by atoms with Gasteiger partial charge in [0, 0.05) is 18.7 Å². The minimum Gasteiger partial charge on any atom is -0.497 e. The SMILES string of the molecule is COc1ccc(-c2nc(C)c(C(C)NC(=O)N3CCC(C(=O)O)C3)s2)cc1. The zero-order chi connectivity index (χ0) is 19.6. The Morgan fingerprint density at radius 3 is 2.67 bits per heavy atom. The molecule has 0 bridgehead atoms. The summed E-state index contributed by atoms with van der Waals surface area (Å²) in [6.45, 7) is 4.57. The van der Waals surface area contributed by atoms with E-state index in [1.807, 2.05) is 38.1 Å². The number of ether oxygens (including phenoxy) is 1. The van der Waals surface area contributed by atoms with Gasteiger partial charge in [0.05, 0.1) is 29.6 Å². The van der Waals surface area contributed by atoms with Crippen molar-refractivity contribution in [1.29, 1.82) is 0 Å². The average Bonchev–Trinajstić information content (AvgIpc) is 3.29. The number of carboxylic acid groups (broad SMARTS) is 1. The molecule has 2 aromatic rings. The first-order chi connectivity index (χ1) is 12.9. The zero-order valence-electron chi connectivity index (χ0n) is 15.6. The highest BCUT2D eigenvalue weighted by Gasteiger charge is 2.31. The lowest BCUT2D eigenvalue weighted by molar-refractivity contribution is -0.141. The van der Waals surface area contributed by atoms with Crippen LogP contribution in [0.25, 0.3) is 10.6 Å². The molecule has 2 amide bonds. The summed E-state index contributed by atoms with van der Waals surface area (Å²) < 4.78 is 5.18. The van der Waals surface area contributed by atoms with Gasteiger partial charge >= 0.3 is 12.0 Å². The highest BCUT2D eigenvalue weighted by atomic mass is 32.1. The van der Waals surface area contributed by atoms with Crippen molar-refractivity contribution in [3.63, 3.8) is 0 Å². The smallest absolute Gasteiger partial charge is 0.317 e. The molecular formula is C19H23N3O4S. The van der Waals surface area contributed by atoms with Gasteiger partial charge in [-0.1, -0.05) is 0 Å². The molecule has 0 saturated carbocycles. The number of methoxy groups -OCH3 is 1. The summed E-state index contributed by atoms with van der Waals surface area (Å²) in [5.74, 6) is -0.531. The fourth-order valence-corrected chi connectivity index (χ4v) is 4.23. The molecule has 144 valence electrons. The Labute approximate surface area is 162 Å². The second kappa shape index (κ2) is 7.96. The summed E-state index contributed by atoms with van der Waals surface area (Å²) in [6.07, 6.45) is 0.498. The van der Waals surface area contributed by atoms with Crippen LogP contribution in [-0.2, 0) is 4.79 Å². The zero-order valence-corrected chi connectivity index (χ0v) is 16.4. The van der Waals surface area contributed by atoms with E-state index in [0.717, 1.165) is 26.9 Å². The number of aromatic nitrogens is 1. The van der Waals surface area contributed by atoms with Crippen molar-refractivity contribution >= 4 is 23.3 Å². The Morgan fingerprint density at radius 1 is 1.37 bits per heavy atom. The molecule has 1 fully saturated rings. The van der Waals surface area contributed by atoms with Gasteiger partial charge < -0.3 is 20.1 Å². The Kier molecular flexibility index (Phi) is 5.65. The monoisotopic (exact) mass is 389 g/mol. The number of hydrogen-bond donors (Lipinski definition) is 2. The molecule has 1 aromatic heterocycles. The number of aliphatic carboxylic acids is 1. The van der Waals surface area contributed by atoms with Gasteiger partial charge in [0.2, 0.25) is 0 Å². The minimum atomic E-state index is -0.846. The maximum Gasteiger partial charge on any atom is 0.317 e. The molecule has 2 N–H and O–H groups in total. The van der Waals surface area contributed by atoms with Crippen LogP contribution in [0.4, 0.5) is 4.79 Å². The van der Waals surface area contributed by atoms with Gasteiger partial charge in [-0.05, 0) is 44.5 Å². The molecule has 2 atom stereocenters. The normalized spacial score (nSPS) is 17.6. The van der Waals surface area contributed by atoms with Gasteiger partial charge in [-0.3, -0.25) is 4.79 Å². The van der Waals surface area contributed by atoms with E-state index in [2.05, 4.69) is 10.3 Å². The topological polar surface area (TPSA) is 91.8 Å². The molecule has 27 heavy (non-hydrogen) atoms.